The third kappa shape index (κ3) is 3.72. The van der Waals surface area contributed by atoms with Crippen LogP contribution in [0.25, 0.3) is 11.0 Å². The van der Waals surface area contributed by atoms with Crippen LogP contribution in [-0.4, -0.2) is 30.6 Å². The highest BCUT2D eigenvalue weighted by molar-refractivity contribution is 7.93. The minimum absolute atomic E-state index is 0.0585. The summed E-state index contributed by atoms with van der Waals surface area (Å²) in [6.07, 6.45) is 1.45. The Labute approximate surface area is 175 Å². The molecule has 9 heteroatoms. The van der Waals surface area contributed by atoms with Crippen LogP contribution >= 0.6 is 0 Å². The van der Waals surface area contributed by atoms with E-state index in [1.54, 1.807) is 32.3 Å². The van der Waals surface area contributed by atoms with Gasteiger partial charge in [0, 0.05) is 20.5 Å². The van der Waals surface area contributed by atoms with Crippen LogP contribution in [0.1, 0.15) is 26.2 Å². The summed E-state index contributed by atoms with van der Waals surface area (Å²) < 4.78 is 35.8. The number of ether oxygens (including phenoxy) is 1. The van der Waals surface area contributed by atoms with Crippen molar-refractivity contribution in [2.45, 2.75) is 31.1 Å². The molecule has 1 aromatic heterocycles. The maximum absolute atomic E-state index is 13.5. The van der Waals surface area contributed by atoms with E-state index in [2.05, 4.69) is 0 Å². The first kappa shape index (κ1) is 21.6. The molecule has 0 N–H and O–H groups in total. The van der Waals surface area contributed by atoms with Crippen LogP contribution in [0.5, 0.6) is 5.75 Å². The van der Waals surface area contributed by atoms with E-state index in [0.29, 0.717) is 23.2 Å². The van der Waals surface area contributed by atoms with E-state index in [9.17, 15) is 18.0 Å². The number of fused-ring (bicyclic) bond motifs is 1. The maximum atomic E-state index is 13.5. The van der Waals surface area contributed by atoms with E-state index in [0.717, 1.165) is 10.7 Å². The van der Waals surface area contributed by atoms with E-state index in [1.165, 1.54) is 40.5 Å². The minimum atomic E-state index is -4.20. The summed E-state index contributed by atoms with van der Waals surface area (Å²) in [6.45, 7) is 1.93. The summed E-state index contributed by atoms with van der Waals surface area (Å²) in [5.41, 5.74) is 1.05. The molecule has 160 valence electrons. The average Bonchev–Trinajstić information content (AvgIpc) is 2.96. The van der Waals surface area contributed by atoms with Crippen LogP contribution in [0.4, 0.5) is 5.69 Å². The van der Waals surface area contributed by atoms with Gasteiger partial charge in [0.2, 0.25) is 5.91 Å². The second-order valence-electron chi connectivity index (χ2n) is 7.02. The van der Waals surface area contributed by atoms with Crippen molar-refractivity contribution in [3.63, 3.8) is 0 Å². The van der Waals surface area contributed by atoms with Gasteiger partial charge in [-0.2, -0.15) is 0 Å². The number of carbonyl (C=O) groups excluding carboxylic acids is 1. The smallest absolute Gasteiger partial charge is 0.328 e. The highest BCUT2D eigenvalue weighted by atomic mass is 32.2. The number of sulfonamides is 1. The van der Waals surface area contributed by atoms with E-state index < -0.39 is 15.9 Å². The zero-order chi connectivity index (χ0) is 22.1. The van der Waals surface area contributed by atoms with Crippen molar-refractivity contribution in [2.24, 2.45) is 14.1 Å². The molecule has 1 amide bonds. The van der Waals surface area contributed by atoms with Gasteiger partial charge in [-0.05, 0) is 48.9 Å². The van der Waals surface area contributed by atoms with Crippen LogP contribution in [0, 0.1) is 0 Å². The zero-order valence-electron chi connectivity index (χ0n) is 17.5. The summed E-state index contributed by atoms with van der Waals surface area (Å²) in [6, 6.07) is 10.7. The molecule has 2 aromatic carbocycles. The Balaban J connectivity index is 2.15. The lowest BCUT2D eigenvalue weighted by Gasteiger charge is -2.23. The van der Waals surface area contributed by atoms with Crippen LogP contribution in [0.2, 0.25) is 0 Å². The molecule has 0 spiro atoms. The Morgan fingerprint density at radius 1 is 1.03 bits per heavy atom. The quantitative estimate of drug-likeness (QED) is 0.574. The number of hydrogen-bond acceptors (Lipinski definition) is 5. The van der Waals surface area contributed by atoms with Crippen LogP contribution in [-0.2, 0) is 28.9 Å². The van der Waals surface area contributed by atoms with Gasteiger partial charge in [0.25, 0.3) is 10.0 Å². The first-order valence-electron chi connectivity index (χ1n) is 9.60. The van der Waals surface area contributed by atoms with Gasteiger partial charge < -0.3 is 4.74 Å². The molecule has 0 atom stereocenters. The zero-order valence-corrected chi connectivity index (χ0v) is 18.3. The number of benzene rings is 2. The number of rotatable bonds is 7. The molecule has 1 heterocycles. The molecule has 0 fully saturated rings. The number of nitrogens with zero attached hydrogens (tertiary/aromatic N) is 3. The lowest BCUT2D eigenvalue weighted by Crippen LogP contribution is -2.37. The summed E-state index contributed by atoms with van der Waals surface area (Å²) in [4.78, 5) is 25.1. The predicted molar refractivity (Wildman–Crippen MR) is 115 cm³/mol. The molecule has 30 heavy (non-hydrogen) atoms. The number of aromatic nitrogens is 2. The SMILES string of the molecule is CCCCC(=O)N(c1ccc(OC)cc1)S(=O)(=O)c1ccc2c(c1)n(C)c(=O)n2C. The molecule has 3 aromatic rings. The Morgan fingerprint density at radius 2 is 1.67 bits per heavy atom. The van der Waals surface area contributed by atoms with Crippen LogP contribution in [0.3, 0.4) is 0 Å². The summed E-state index contributed by atoms with van der Waals surface area (Å²) in [5.74, 6) is 0.0434. The first-order chi connectivity index (χ1) is 14.2. The van der Waals surface area contributed by atoms with Gasteiger partial charge in [0.15, 0.2) is 0 Å². The number of unbranched alkanes of at least 4 members (excludes halogenated alkanes) is 1. The highest BCUT2D eigenvalue weighted by Gasteiger charge is 2.31. The number of amides is 1. The standard InChI is InChI=1S/C21H25N3O5S/c1-5-6-7-20(25)24(15-8-10-16(29-4)11-9-15)30(27,28)17-12-13-18-19(14-17)23(3)21(26)22(18)2/h8-14H,5-7H2,1-4H3. The fourth-order valence-corrected chi connectivity index (χ4v) is 4.79. The number of aryl methyl sites for hydroxylation is 2. The molecule has 0 unspecified atom stereocenters. The van der Waals surface area contributed by atoms with Gasteiger partial charge in [-0.15, -0.1) is 0 Å². The lowest BCUT2D eigenvalue weighted by atomic mass is 10.2. The molecule has 3 rings (SSSR count). The van der Waals surface area contributed by atoms with Gasteiger partial charge >= 0.3 is 5.69 Å². The van der Waals surface area contributed by atoms with Gasteiger partial charge in [-0.3, -0.25) is 13.9 Å². The molecule has 0 bridgehead atoms. The molecule has 0 saturated heterocycles. The van der Waals surface area contributed by atoms with Crippen molar-refractivity contribution in [3.05, 3.63) is 52.9 Å². The number of imidazole rings is 1. The molecule has 0 radical (unpaired) electrons. The Hall–Kier alpha value is -3.07. The minimum Gasteiger partial charge on any atom is -0.497 e. The molecule has 0 aliphatic heterocycles. The van der Waals surface area contributed by atoms with Gasteiger partial charge in [0.1, 0.15) is 5.75 Å². The molecule has 0 aliphatic rings. The van der Waals surface area contributed by atoms with Crippen LogP contribution in [0.15, 0.2) is 52.2 Å². The second-order valence-corrected chi connectivity index (χ2v) is 8.80. The second kappa shape index (κ2) is 8.35. The van der Waals surface area contributed by atoms with Gasteiger partial charge in [-0.25, -0.2) is 17.5 Å². The first-order valence-corrected chi connectivity index (χ1v) is 11.0. The Bertz CT molecular complexity index is 1240. The van der Waals surface area contributed by atoms with Crippen molar-refractivity contribution in [3.8, 4) is 5.75 Å². The fourth-order valence-electron chi connectivity index (χ4n) is 3.32. The largest absolute Gasteiger partial charge is 0.497 e. The van der Waals surface area contributed by atoms with Gasteiger partial charge in [-0.1, -0.05) is 13.3 Å². The third-order valence-electron chi connectivity index (χ3n) is 5.06. The normalized spacial score (nSPS) is 11.6. The summed E-state index contributed by atoms with van der Waals surface area (Å²) in [5, 5.41) is 0. The van der Waals surface area contributed by atoms with E-state index in [4.69, 9.17) is 4.74 Å². The molecule has 0 saturated carbocycles. The van der Waals surface area contributed by atoms with Crippen molar-refractivity contribution in [1.82, 2.24) is 9.13 Å². The third-order valence-corrected chi connectivity index (χ3v) is 6.80. The van der Waals surface area contributed by atoms with E-state index in [1.807, 2.05) is 6.92 Å². The number of methoxy groups -OCH3 is 1. The highest BCUT2D eigenvalue weighted by Crippen LogP contribution is 2.28. The summed E-state index contributed by atoms with van der Waals surface area (Å²) >= 11 is 0. The Kier molecular flexibility index (Phi) is 6.02. The predicted octanol–water partition coefficient (Wildman–Crippen LogP) is 2.80. The monoisotopic (exact) mass is 431 g/mol. The molecular weight excluding hydrogens is 406 g/mol. The fraction of sp³-hybridized carbons (Fsp3) is 0.333. The number of carbonyl (C=O) groups is 1. The molecular formula is C21H25N3O5S. The van der Waals surface area contributed by atoms with Crippen molar-refractivity contribution in [2.75, 3.05) is 11.4 Å². The number of hydrogen-bond donors (Lipinski definition) is 0. The topological polar surface area (TPSA) is 90.6 Å². The van der Waals surface area contributed by atoms with Gasteiger partial charge in [0.05, 0.1) is 28.7 Å². The van der Waals surface area contributed by atoms with Crippen molar-refractivity contribution >= 4 is 32.7 Å². The van der Waals surface area contributed by atoms with Crippen molar-refractivity contribution < 1.29 is 17.9 Å². The van der Waals surface area contributed by atoms with Crippen molar-refractivity contribution in [1.29, 1.82) is 0 Å². The van der Waals surface area contributed by atoms with Crippen LogP contribution < -0.4 is 14.7 Å². The van der Waals surface area contributed by atoms with E-state index in [-0.39, 0.29) is 22.7 Å². The summed E-state index contributed by atoms with van der Waals surface area (Å²) in [7, 11) is 0.512. The molecule has 0 aliphatic carbocycles. The Morgan fingerprint density at radius 3 is 2.27 bits per heavy atom. The average molecular weight is 432 g/mol. The van der Waals surface area contributed by atoms with E-state index >= 15 is 0 Å². The maximum Gasteiger partial charge on any atom is 0.328 e. The lowest BCUT2D eigenvalue weighted by molar-refractivity contribution is -0.117. The number of anilines is 1. The molecule has 8 nitrogen and oxygen atoms in total.